The molecule has 7 heteroatoms. The average molecular weight is 390 g/mol. The predicted octanol–water partition coefficient (Wildman–Crippen LogP) is 3.52. The van der Waals surface area contributed by atoms with E-state index in [-0.39, 0.29) is 9.79 Å². The van der Waals surface area contributed by atoms with Crippen LogP contribution in [0.1, 0.15) is 12.8 Å². The topological polar surface area (TPSA) is 64.0 Å². The molecule has 136 valence electrons. The van der Waals surface area contributed by atoms with E-state index in [9.17, 15) is 8.42 Å². The van der Waals surface area contributed by atoms with Gasteiger partial charge < -0.3 is 9.88 Å². The van der Waals surface area contributed by atoms with Gasteiger partial charge in [-0.2, -0.15) is 0 Å². The number of hydrogen-bond acceptors (Lipinski definition) is 4. The summed E-state index contributed by atoms with van der Waals surface area (Å²) >= 11 is 6.38. The lowest BCUT2D eigenvalue weighted by molar-refractivity contribution is 0.340. The number of nitrogens with zero attached hydrogens (tertiary/aromatic N) is 2. The van der Waals surface area contributed by atoms with Crippen LogP contribution in [0.4, 0.5) is 0 Å². The van der Waals surface area contributed by atoms with E-state index in [0.717, 1.165) is 32.5 Å². The summed E-state index contributed by atoms with van der Waals surface area (Å²) in [4.78, 5) is 4.91. The Morgan fingerprint density at radius 2 is 2.04 bits per heavy atom. The van der Waals surface area contributed by atoms with Gasteiger partial charge in [0.2, 0.25) is 9.84 Å². The number of pyridine rings is 1. The van der Waals surface area contributed by atoms with Gasteiger partial charge in [0.1, 0.15) is 10.5 Å². The van der Waals surface area contributed by atoms with Crippen molar-refractivity contribution in [3.63, 3.8) is 0 Å². The minimum absolute atomic E-state index is 0.223. The molecular formula is C19H20ClN3O2S. The van der Waals surface area contributed by atoms with Crippen LogP contribution in [0.2, 0.25) is 5.02 Å². The second-order valence-electron chi connectivity index (χ2n) is 6.67. The van der Waals surface area contributed by atoms with Gasteiger partial charge in [-0.1, -0.05) is 29.8 Å². The molecule has 0 aliphatic carbocycles. The van der Waals surface area contributed by atoms with E-state index in [4.69, 9.17) is 11.6 Å². The van der Waals surface area contributed by atoms with Crippen LogP contribution >= 0.6 is 11.6 Å². The van der Waals surface area contributed by atoms with Crippen molar-refractivity contribution in [2.75, 3.05) is 13.1 Å². The normalized spacial score (nSPS) is 18.3. The van der Waals surface area contributed by atoms with Gasteiger partial charge in [-0.05, 0) is 50.0 Å². The Morgan fingerprint density at radius 1 is 1.23 bits per heavy atom. The molecule has 26 heavy (non-hydrogen) atoms. The van der Waals surface area contributed by atoms with Crippen LogP contribution in [0.25, 0.3) is 11.0 Å². The lowest BCUT2D eigenvalue weighted by Gasteiger charge is -2.23. The minimum atomic E-state index is -3.67. The number of rotatable bonds is 4. The molecule has 1 saturated heterocycles. The average Bonchev–Trinajstić information content (AvgIpc) is 3.04. The quantitative estimate of drug-likeness (QED) is 0.741. The predicted molar refractivity (Wildman–Crippen MR) is 102 cm³/mol. The van der Waals surface area contributed by atoms with Crippen LogP contribution in [-0.4, -0.2) is 31.1 Å². The third-order valence-electron chi connectivity index (χ3n) is 4.87. The Balaban J connectivity index is 1.85. The molecule has 0 bridgehead atoms. The molecule has 1 aliphatic rings. The number of sulfone groups is 1. The maximum absolute atomic E-state index is 13.2. The standard InChI is InChI=1S/C19H20ClN3O2S/c20-16-8-10-22-19-18(16)17(26(24,25)15-6-2-1-3-7-15)13-23(19)12-14-5-4-9-21-11-14/h1-3,6-8,10,13-14,21H,4-5,9,11-12H2. The summed E-state index contributed by atoms with van der Waals surface area (Å²) in [6.07, 6.45) is 5.57. The molecule has 1 N–H and O–H groups in total. The zero-order chi connectivity index (χ0) is 18.1. The highest BCUT2D eigenvalue weighted by Gasteiger charge is 2.26. The molecule has 0 amide bonds. The van der Waals surface area contributed by atoms with Gasteiger partial charge in [0.25, 0.3) is 0 Å². The van der Waals surface area contributed by atoms with Gasteiger partial charge in [-0.15, -0.1) is 0 Å². The number of halogens is 1. The lowest BCUT2D eigenvalue weighted by Crippen LogP contribution is -2.32. The maximum Gasteiger partial charge on any atom is 0.208 e. The third kappa shape index (κ3) is 3.13. The fourth-order valence-corrected chi connectivity index (χ4v) is 5.37. The van der Waals surface area contributed by atoms with Crippen LogP contribution < -0.4 is 5.32 Å². The Morgan fingerprint density at radius 3 is 2.77 bits per heavy atom. The lowest BCUT2D eigenvalue weighted by atomic mass is 10.00. The zero-order valence-electron chi connectivity index (χ0n) is 14.2. The molecule has 1 aliphatic heterocycles. The highest BCUT2D eigenvalue weighted by atomic mass is 35.5. The van der Waals surface area contributed by atoms with E-state index < -0.39 is 9.84 Å². The summed E-state index contributed by atoms with van der Waals surface area (Å²) < 4.78 is 28.3. The van der Waals surface area contributed by atoms with E-state index >= 15 is 0 Å². The van der Waals surface area contributed by atoms with Gasteiger partial charge >= 0.3 is 0 Å². The van der Waals surface area contributed by atoms with E-state index in [1.54, 1.807) is 48.8 Å². The van der Waals surface area contributed by atoms with Crippen LogP contribution in [0, 0.1) is 5.92 Å². The Labute approximate surface area is 157 Å². The van der Waals surface area contributed by atoms with Gasteiger partial charge in [0.05, 0.1) is 15.3 Å². The van der Waals surface area contributed by atoms with Crippen molar-refractivity contribution in [2.45, 2.75) is 29.2 Å². The fraction of sp³-hybridized carbons (Fsp3) is 0.316. The van der Waals surface area contributed by atoms with Crippen molar-refractivity contribution in [3.8, 4) is 0 Å². The van der Waals surface area contributed by atoms with Crippen molar-refractivity contribution in [3.05, 3.63) is 53.8 Å². The highest BCUT2D eigenvalue weighted by Crippen LogP contribution is 2.34. The molecule has 1 aromatic carbocycles. The number of benzene rings is 1. The second kappa shape index (κ2) is 7.02. The zero-order valence-corrected chi connectivity index (χ0v) is 15.8. The van der Waals surface area contributed by atoms with Gasteiger partial charge in [0.15, 0.2) is 0 Å². The van der Waals surface area contributed by atoms with Crippen LogP contribution in [-0.2, 0) is 16.4 Å². The number of fused-ring (bicyclic) bond motifs is 1. The van der Waals surface area contributed by atoms with Crippen molar-refractivity contribution < 1.29 is 8.42 Å². The molecule has 0 spiro atoms. The summed E-state index contributed by atoms with van der Waals surface area (Å²) in [7, 11) is -3.67. The highest BCUT2D eigenvalue weighted by molar-refractivity contribution is 7.91. The molecule has 4 rings (SSSR count). The number of nitrogens with one attached hydrogen (secondary N) is 1. The van der Waals surface area contributed by atoms with Crippen molar-refractivity contribution in [1.82, 2.24) is 14.9 Å². The maximum atomic E-state index is 13.2. The molecule has 1 atom stereocenters. The van der Waals surface area contributed by atoms with E-state index in [1.165, 1.54) is 0 Å². The van der Waals surface area contributed by atoms with Gasteiger partial charge in [-0.25, -0.2) is 13.4 Å². The first-order valence-corrected chi connectivity index (χ1v) is 10.6. The van der Waals surface area contributed by atoms with Crippen LogP contribution in [0.3, 0.4) is 0 Å². The van der Waals surface area contributed by atoms with Crippen molar-refractivity contribution in [1.29, 1.82) is 0 Å². The monoisotopic (exact) mass is 389 g/mol. The van der Waals surface area contributed by atoms with E-state index in [0.29, 0.717) is 22.0 Å². The molecule has 0 radical (unpaired) electrons. The van der Waals surface area contributed by atoms with Crippen LogP contribution in [0.15, 0.2) is 58.6 Å². The van der Waals surface area contributed by atoms with Crippen LogP contribution in [0.5, 0.6) is 0 Å². The molecule has 5 nitrogen and oxygen atoms in total. The largest absolute Gasteiger partial charge is 0.331 e. The number of hydrogen-bond donors (Lipinski definition) is 1. The molecule has 3 heterocycles. The molecule has 0 saturated carbocycles. The smallest absolute Gasteiger partial charge is 0.208 e. The SMILES string of the molecule is O=S(=O)(c1ccccc1)c1cn(CC2CCCNC2)c2nccc(Cl)c12. The summed E-state index contributed by atoms with van der Waals surface area (Å²) in [6, 6.07) is 10.1. The van der Waals surface area contributed by atoms with E-state index in [1.807, 2.05) is 4.57 Å². The second-order valence-corrected chi connectivity index (χ2v) is 8.99. The number of piperidine rings is 1. The van der Waals surface area contributed by atoms with Crippen molar-refractivity contribution >= 4 is 32.5 Å². The summed E-state index contributed by atoms with van der Waals surface area (Å²) in [5, 5.41) is 4.31. The summed E-state index contributed by atoms with van der Waals surface area (Å²) in [5.41, 5.74) is 0.623. The van der Waals surface area contributed by atoms with Crippen molar-refractivity contribution in [2.24, 2.45) is 5.92 Å². The molecular weight excluding hydrogens is 370 g/mol. The third-order valence-corrected chi connectivity index (χ3v) is 6.96. The molecule has 1 fully saturated rings. The Kier molecular flexibility index (Phi) is 4.73. The molecule has 3 aromatic rings. The first kappa shape index (κ1) is 17.5. The first-order chi connectivity index (χ1) is 12.6. The molecule has 2 aromatic heterocycles. The number of aromatic nitrogens is 2. The van der Waals surface area contributed by atoms with E-state index in [2.05, 4.69) is 10.3 Å². The van der Waals surface area contributed by atoms with Gasteiger partial charge in [0, 0.05) is 18.9 Å². The Bertz CT molecular complexity index is 1030. The fourth-order valence-electron chi connectivity index (χ4n) is 3.57. The van der Waals surface area contributed by atoms with Gasteiger partial charge in [-0.3, -0.25) is 0 Å². The summed E-state index contributed by atoms with van der Waals surface area (Å²) in [5.74, 6) is 0.451. The molecule has 1 unspecified atom stereocenters. The minimum Gasteiger partial charge on any atom is -0.331 e. The Hall–Kier alpha value is -1.89. The summed E-state index contributed by atoms with van der Waals surface area (Å²) in [6.45, 7) is 2.70. The first-order valence-electron chi connectivity index (χ1n) is 8.71.